The van der Waals surface area contributed by atoms with Crippen LogP contribution >= 0.6 is 0 Å². The minimum atomic E-state index is -0.760. The van der Waals surface area contributed by atoms with Gasteiger partial charge in [0.15, 0.2) is 6.10 Å². The first-order chi connectivity index (χ1) is 27.9. The molecular weight excluding hydrogens is 709 g/mol. The molecule has 0 bridgehead atoms. The molecule has 0 unspecified atom stereocenters. The van der Waals surface area contributed by atoms with Crippen LogP contribution in [-0.4, -0.2) is 37.2 Å². The van der Waals surface area contributed by atoms with Gasteiger partial charge >= 0.3 is 17.9 Å². The van der Waals surface area contributed by atoms with E-state index in [2.05, 4.69) is 27.7 Å². The number of hydrogen-bond donors (Lipinski definition) is 0. The summed E-state index contributed by atoms with van der Waals surface area (Å²) in [5.41, 5.74) is 0. The number of ether oxygens (including phenoxy) is 3. The maximum absolute atomic E-state index is 12.7. The Morgan fingerprint density at radius 2 is 0.579 bits per heavy atom. The SMILES string of the molecule is CCCCCCCCCCCCCCCCCCCC(=O)OC[C@H](COC(=O)CCCCCCCCCCCC(C)C)OC(=O)CCCCCCCCCCCC. The van der Waals surface area contributed by atoms with Crippen molar-refractivity contribution < 1.29 is 28.6 Å². The van der Waals surface area contributed by atoms with Gasteiger partial charge in [-0.1, -0.05) is 246 Å². The van der Waals surface area contributed by atoms with Gasteiger partial charge in [0.05, 0.1) is 0 Å². The van der Waals surface area contributed by atoms with Gasteiger partial charge in [-0.05, 0) is 25.2 Å². The Morgan fingerprint density at radius 3 is 0.860 bits per heavy atom. The smallest absolute Gasteiger partial charge is 0.306 e. The lowest BCUT2D eigenvalue weighted by Gasteiger charge is -2.18. The zero-order valence-corrected chi connectivity index (χ0v) is 38.8. The molecule has 0 aromatic carbocycles. The molecule has 6 nitrogen and oxygen atoms in total. The van der Waals surface area contributed by atoms with Crippen molar-refractivity contribution in [2.45, 2.75) is 291 Å². The second-order valence-electron chi connectivity index (χ2n) is 17.9. The third-order valence-electron chi connectivity index (χ3n) is 11.5. The van der Waals surface area contributed by atoms with Crippen LogP contribution in [0.5, 0.6) is 0 Å². The second-order valence-corrected chi connectivity index (χ2v) is 17.9. The highest BCUT2D eigenvalue weighted by Crippen LogP contribution is 2.17. The van der Waals surface area contributed by atoms with Gasteiger partial charge in [0.25, 0.3) is 0 Å². The summed E-state index contributed by atoms with van der Waals surface area (Å²) in [5, 5.41) is 0. The predicted octanol–water partition coefficient (Wildman–Crippen LogP) is 16.3. The minimum absolute atomic E-state index is 0.0632. The van der Waals surface area contributed by atoms with Crippen LogP contribution in [0.1, 0.15) is 285 Å². The van der Waals surface area contributed by atoms with Crippen LogP contribution in [-0.2, 0) is 28.6 Å². The van der Waals surface area contributed by atoms with E-state index in [0.717, 1.165) is 63.7 Å². The normalized spacial score (nSPS) is 11.9. The highest BCUT2D eigenvalue weighted by molar-refractivity contribution is 5.71. The Morgan fingerprint density at radius 1 is 0.333 bits per heavy atom. The molecule has 0 aliphatic carbocycles. The van der Waals surface area contributed by atoms with Crippen LogP contribution in [0.25, 0.3) is 0 Å². The standard InChI is InChI=1S/C51H98O6/c1-5-7-9-11-13-15-17-18-19-20-21-22-23-27-30-34-38-42-49(52)55-45-48(57-51(54)44-40-36-32-26-16-14-12-10-8-6-2)46-56-50(53)43-39-35-31-28-24-25-29-33-37-41-47(3)4/h47-48H,5-46H2,1-4H3/t48-/m1/s1. The molecule has 1 atom stereocenters. The van der Waals surface area contributed by atoms with Crippen molar-refractivity contribution in [2.24, 2.45) is 5.92 Å². The summed E-state index contributed by atoms with van der Waals surface area (Å²) in [6.45, 7) is 8.99. The summed E-state index contributed by atoms with van der Waals surface area (Å²) in [5.74, 6) is -0.0402. The van der Waals surface area contributed by atoms with Crippen molar-refractivity contribution in [3.63, 3.8) is 0 Å². The third kappa shape index (κ3) is 45.3. The van der Waals surface area contributed by atoms with E-state index >= 15 is 0 Å². The Labute approximate surface area is 355 Å². The summed E-state index contributed by atoms with van der Waals surface area (Å²) < 4.78 is 16.8. The summed E-state index contributed by atoms with van der Waals surface area (Å²) >= 11 is 0. The third-order valence-corrected chi connectivity index (χ3v) is 11.5. The van der Waals surface area contributed by atoms with Crippen LogP contribution in [0.15, 0.2) is 0 Å². The lowest BCUT2D eigenvalue weighted by Crippen LogP contribution is -2.30. The molecule has 0 saturated carbocycles. The molecule has 0 spiro atoms. The van der Waals surface area contributed by atoms with Crippen molar-refractivity contribution in [1.29, 1.82) is 0 Å². The van der Waals surface area contributed by atoms with Crippen LogP contribution in [0.4, 0.5) is 0 Å². The van der Waals surface area contributed by atoms with E-state index in [1.807, 2.05) is 0 Å². The van der Waals surface area contributed by atoms with Crippen molar-refractivity contribution in [3.05, 3.63) is 0 Å². The zero-order valence-electron chi connectivity index (χ0n) is 38.8. The van der Waals surface area contributed by atoms with Gasteiger partial charge in [0.1, 0.15) is 13.2 Å². The Bertz CT molecular complexity index is 857. The molecule has 0 aliphatic rings. The van der Waals surface area contributed by atoms with Gasteiger partial charge in [-0.2, -0.15) is 0 Å². The monoisotopic (exact) mass is 807 g/mol. The fraction of sp³-hybridized carbons (Fsp3) is 0.941. The molecule has 0 amide bonds. The van der Waals surface area contributed by atoms with Gasteiger partial charge in [-0.25, -0.2) is 0 Å². The van der Waals surface area contributed by atoms with Crippen LogP contribution < -0.4 is 0 Å². The molecule has 0 saturated heterocycles. The van der Waals surface area contributed by atoms with Crippen molar-refractivity contribution >= 4 is 17.9 Å². The van der Waals surface area contributed by atoms with Gasteiger partial charge < -0.3 is 14.2 Å². The fourth-order valence-corrected chi connectivity index (χ4v) is 7.69. The summed E-state index contributed by atoms with van der Waals surface area (Å²) in [6.07, 6.45) is 46.6. The van der Waals surface area contributed by atoms with E-state index in [1.165, 1.54) is 180 Å². The molecular formula is C51H98O6. The number of hydrogen-bond acceptors (Lipinski definition) is 6. The summed E-state index contributed by atoms with van der Waals surface area (Å²) in [7, 11) is 0. The highest BCUT2D eigenvalue weighted by atomic mass is 16.6. The van der Waals surface area contributed by atoms with Crippen molar-refractivity contribution in [1.82, 2.24) is 0 Å². The van der Waals surface area contributed by atoms with Crippen LogP contribution in [0.3, 0.4) is 0 Å². The van der Waals surface area contributed by atoms with E-state index in [4.69, 9.17) is 14.2 Å². The van der Waals surface area contributed by atoms with E-state index in [9.17, 15) is 14.4 Å². The predicted molar refractivity (Wildman–Crippen MR) is 243 cm³/mol. The lowest BCUT2D eigenvalue weighted by atomic mass is 10.0. The van der Waals surface area contributed by atoms with Crippen molar-refractivity contribution in [3.8, 4) is 0 Å². The highest BCUT2D eigenvalue weighted by Gasteiger charge is 2.19. The first kappa shape index (κ1) is 55.4. The Kier molecular flexibility index (Phi) is 44.2. The number of carbonyl (C=O) groups is 3. The molecule has 0 aliphatic heterocycles. The maximum atomic E-state index is 12.7. The first-order valence-corrected chi connectivity index (χ1v) is 25.4. The number of esters is 3. The first-order valence-electron chi connectivity index (χ1n) is 25.4. The van der Waals surface area contributed by atoms with Gasteiger partial charge in [-0.15, -0.1) is 0 Å². The number of carbonyl (C=O) groups excluding carboxylic acids is 3. The zero-order chi connectivity index (χ0) is 41.7. The quantitative estimate of drug-likeness (QED) is 0.0346. The molecule has 0 radical (unpaired) electrons. The molecule has 0 heterocycles. The molecule has 6 heteroatoms. The molecule has 0 aromatic heterocycles. The molecule has 0 rings (SSSR count). The Balaban J connectivity index is 4.25. The largest absolute Gasteiger partial charge is 0.462 e. The van der Waals surface area contributed by atoms with E-state index in [1.54, 1.807) is 0 Å². The maximum Gasteiger partial charge on any atom is 0.306 e. The molecule has 0 fully saturated rings. The van der Waals surface area contributed by atoms with E-state index in [-0.39, 0.29) is 31.1 Å². The van der Waals surface area contributed by atoms with E-state index in [0.29, 0.717) is 19.3 Å². The molecule has 57 heavy (non-hydrogen) atoms. The van der Waals surface area contributed by atoms with E-state index < -0.39 is 6.10 Å². The second kappa shape index (κ2) is 45.5. The average molecular weight is 807 g/mol. The van der Waals surface area contributed by atoms with Crippen molar-refractivity contribution in [2.75, 3.05) is 13.2 Å². The molecule has 338 valence electrons. The summed E-state index contributed by atoms with van der Waals surface area (Å²) in [6, 6.07) is 0. The minimum Gasteiger partial charge on any atom is -0.462 e. The molecule has 0 aromatic rings. The Hall–Kier alpha value is -1.59. The lowest BCUT2D eigenvalue weighted by molar-refractivity contribution is -0.167. The number of rotatable bonds is 46. The van der Waals surface area contributed by atoms with Crippen LogP contribution in [0, 0.1) is 5.92 Å². The summed E-state index contributed by atoms with van der Waals surface area (Å²) in [4.78, 5) is 37.8. The van der Waals surface area contributed by atoms with Gasteiger partial charge in [0.2, 0.25) is 0 Å². The van der Waals surface area contributed by atoms with Gasteiger partial charge in [-0.3, -0.25) is 14.4 Å². The van der Waals surface area contributed by atoms with Gasteiger partial charge in [0, 0.05) is 19.3 Å². The topological polar surface area (TPSA) is 78.9 Å². The fourth-order valence-electron chi connectivity index (χ4n) is 7.69. The number of unbranched alkanes of at least 4 members (excludes halogenated alkanes) is 33. The van der Waals surface area contributed by atoms with Crippen LogP contribution in [0.2, 0.25) is 0 Å². The molecule has 0 N–H and O–H groups in total. The average Bonchev–Trinajstić information content (AvgIpc) is 3.19.